The van der Waals surface area contributed by atoms with Gasteiger partial charge >= 0.3 is 5.97 Å². The lowest BCUT2D eigenvalue weighted by Crippen LogP contribution is -2.30. The highest BCUT2D eigenvalue weighted by molar-refractivity contribution is 5.84. The van der Waals surface area contributed by atoms with Gasteiger partial charge in [0.2, 0.25) is 5.91 Å². The van der Waals surface area contributed by atoms with Gasteiger partial charge in [-0.15, -0.1) is 5.10 Å². The van der Waals surface area contributed by atoms with Crippen LogP contribution in [0.2, 0.25) is 0 Å². The summed E-state index contributed by atoms with van der Waals surface area (Å²) in [7, 11) is 0. The fourth-order valence-electron chi connectivity index (χ4n) is 1.12. The van der Waals surface area contributed by atoms with E-state index in [1.807, 2.05) is 13.8 Å². The Hall–Kier alpha value is -1.92. The van der Waals surface area contributed by atoms with Crippen molar-refractivity contribution in [3.05, 3.63) is 11.9 Å². The highest BCUT2D eigenvalue weighted by Gasteiger charge is 2.09. The maximum Gasteiger partial charge on any atom is 0.358 e. The number of carbonyl (C=O) groups excluding carboxylic acids is 1. The molecule has 1 heterocycles. The van der Waals surface area contributed by atoms with Crippen LogP contribution >= 0.6 is 0 Å². The van der Waals surface area contributed by atoms with Crippen LogP contribution in [-0.4, -0.2) is 38.0 Å². The molecule has 0 spiro atoms. The number of aryl methyl sites for hydroxylation is 1. The second kappa shape index (κ2) is 5.24. The number of carboxylic acid groups (broad SMARTS) is 1. The first-order valence-electron chi connectivity index (χ1n) is 4.92. The van der Waals surface area contributed by atoms with Crippen molar-refractivity contribution >= 4 is 11.9 Å². The summed E-state index contributed by atoms with van der Waals surface area (Å²) in [5.74, 6) is -1.22. The molecule has 0 aliphatic rings. The quantitative estimate of drug-likeness (QED) is 0.730. The summed E-state index contributed by atoms with van der Waals surface area (Å²) < 4.78 is 1.34. The number of hydrogen-bond donors (Lipinski definition) is 2. The van der Waals surface area contributed by atoms with Gasteiger partial charge in [-0.25, -0.2) is 4.79 Å². The van der Waals surface area contributed by atoms with Crippen molar-refractivity contribution in [1.29, 1.82) is 0 Å². The number of amides is 1. The first kappa shape index (κ1) is 12.2. The molecule has 0 atom stereocenters. The van der Waals surface area contributed by atoms with Gasteiger partial charge < -0.3 is 10.4 Å². The third kappa shape index (κ3) is 3.68. The number of nitrogens with zero attached hydrogens (tertiary/aromatic N) is 3. The summed E-state index contributed by atoms with van der Waals surface area (Å²) in [6.45, 7) is 4.06. The van der Waals surface area contributed by atoms with Crippen LogP contribution < -0.4 is 5.32 Å². The van der Waals surface area contributed by atoms with E-state index >= 15 is 0 Å². The van der Waals surface area contributed by atoms with Crippen LogP contribution in [0, 0.1) is 0 Å². The van der Waals surface area contributed by atoms with Crippen molar-refractivity contribution in [1.82, 2.24) is 20.3 Å². The van der Waals surface area contributed by atoms with Crippen LogP contribution in [0.5, 0.6) is 0 Å². The topological polar surface area (TPSA) is 97.1 Å². The van der Waals surface area contributed by atoms with E-state index in [2.05, 4.69) is 15.6 Å². The summed E-state index contributed by atoms with van der Waals surface area (Å²) in [5, 5.41) is 18.4. The third-order valence-corrected chi connectivity index (χ3v) is 1.78. The van der Waals surface area contributed by atoms with Gasteiger partial charge in [0, 0.05) is 12.5 Å². The smallest absolute Gasteiger partial charge is 0.358 e. The van der Waals surface area contributed by atoms with Crippen LogP contribution in [0.4, 0.5) is 0 Å². The number of aromatic nitrogens is 3. The maximum absolute atomic E-state index is 11.3. The third-order valence-electron chi connectivity index (χ3n) is 1.78. The van der Waals surface area contributed by atoms with Crippen molar-refractivity contribution in [3.8, 4) is 0 Å². The molecule has 0 saturated heterocycles. The van der Waals surface area contributed by atoms with Crippen molar-refractivity contribution in [3.63, 3.8) is 0 Å². The summed E-state index contributed by atoms with van der Waals surface area (Å²) in [6, 6.07) is 0.0952. The molecule has 1 rings (SSSR count). The van der Waals surface area contributed by atoms with E-state index < -0.39 is 5.97 Å². The van der Waals surface area contributed by atoms with Gasteiger partial charge in [0.1, 0.15) is 0 Å². The van der Waals surface area contributed by atoms with Crippen LogP contribution in [0.25, 0.3) is 0 Å². The minimum Gasteiger partial charge on any atom is -0.476 e. The Morgan fingerprint density at radius 1 is 1.56 bits per heavy atom. The molecule has 1 aromatic rings. The van der Waals surface area contributed by atoms with Crippen LogP contribution in [0.3, 0.4) is 0 Å². The van der Waals surface area contributed by atoms with Crippen molar-refractivity contribution in [2.24, 2.45) is 0 Å². The molecule has 0 fully saturated rings. The standard InChI is InChI=1S/C9H14N4O3/c1-6(2)10-8(14)3-4-13-5-7(9(15)16)11-12-13/h5-6H,3-4H2,1-2H3,(H,10,14)(H,15,16). The van der Waals surface area contributed by atoms with Crippen molar-refractivity contribution < 1.29 is 14.7 Å². The highest BCUT2D eigenvalue weighted by Crippen LogP contribution is 1.95. The monoisotopic (exact) mass is 226 g/mol. The zero-order chi connectivity index (χ0) is 12.1. The first-order valence-corrected chi connectivity index (χ1v) is 4.92. The lowest BCUT2D eigenvalue weighted by atomic mass is 10.3. The molecule has 1 amide bonds. The van der Waals surface area contributed by atoms with Crippen molar-refractivity contribution in [2.75, 3.05) is 0 Å². The van der Waals surface area contributed by atoms with Gasteiger partial charge in [-0.3, -0.25) is 9.48 Å². The number of carbonyl (C=O) groups is 2. The number of carboxylic acids is 1. The first-order chi connectivity index (χ1) is 7.49. The predicted octanol–water partition coefficient (Wildman–Crippen LogP) is -0.109. The summed E-state index contributed by atoms with van der Waals surface area (Å²) >= 11 is 0. The molecule has 0 aromatic carbocycles. The van der Waals surface area contributed by atoms with E-state index in [0.717, 1.165) is 0 Å². The van der Waals surface area contributed by atoms with E-state index in [1.54, 1.807) is 0 Å². The Bertz CT molecular complexity index is 386. The lowest BCUT2D eigenvalue weighted by Gasteiger charge is -2.07. The van der Waals surface area contributed by atoms with E-state index in [9.17, 15) is 9.59 Å². The minimum atomic E-state index is -1.13. The Morgan fingerprint density at radius 2 is 2.25 bits per heavy atom. The van der Waals surface area contributed by atoms with Gasteiger partial charge in [-0.05, 0) is 13.8 Å². The molecule has 0 bridgehead atoms. The lowest BCUT2D eigenvalue weighted by molar-refractivity contribution is -0.121. The molecule has 0 radical (unpaired) electrons. The number of nitrogens with one attached hydrogen (secondary N) is 1. The Labute approximate surface area is 92.4 Å². The zero-order valence-corrected chi connectivity index (χ0v) is 9.17. The second-order valence-corrected chi connectivity index (χ2v) is 3.64. The molecule has 0 aliphatic heterocycles. The molecule has 2 N–H and O–H groups in total. The molecule has 0 saturated carbocycles. The van der Waals surface area contributed by atoms with E-state index in [-0.39, 0.29) is 24.1 Å². The highest BCUT2D eigenvalue weighted by atomic mass is 16.4. The van der Waals surface area contributed by atoms with Gasteiger partial charge in [0.25, 0.3) is 0 Å². The summed E-state index contributed by atoms with van der Waals surface area (Å²) in [4.78, 5) is 21.8. The van der Waals surface area contributed by atoms with E-state index in [0.29, 0.717) is 6.54 Å². The fourth-order valence-corrected chi connectivity index (χ4v) is 1.12. The zero-order valence-electron chi connectivity index (χ0n) is 9.17. The Morgan fingerprint density at radius 3 is 2.75 bits per heavy atom. The van der Waals surface area contributed by atoms with E-state index in [1.165, 1.54) is 10.9 Å². The SMILES string of the molecule is CC(C)NC(=O)CCn1cc(C(=O)O)nn1. The largest absolute Gasteiger partial charge is 0.476 e. The fraction of sp³-hybridized carbons (Fsp3) is 0.556. The van der Waals surface area contributed by atoms with Crippen LogP contribution in [0.1, 0.15) is 30.8 Å². The second-order valence-electron chi connectivity index (χ2n) is 3.64. The average Bonchev–Trinajstić information content (AvgIpc) is 2.61. The molecule has 88 valence electrons. The molecular weight excluding hydrogens is 212 g/mol. The number of aromatic carboxylic acids is 1. The predicted molar refractivity (Wildman–Crippen MR) is 54.9 cm³/mol. The minimum absolute atomic E-state index is 0.0950. The van der Waals surface area contributed by atoms with E-state index in [4.69, 9.17) is 5.11 Å². The summed E-state index contributed by atoms with van der Waals surface area (Å²) in [5.41, 5.74) is -0.121. The molecule has 0 unspecified atom stereocenters. The number of hydrogen-bond acceptors (Lipinski definition) is 4. The Balaban J connectivity index is 2.42. The molecule has 0 aliphatic carbocycles. The molecule has 7 heteroatoms. The van der Waals surface area contributed by atoms with Crippen LogP contribution in [0.15, 0.2) is 6.20 Å². The molecule has 1 aromatic heterocycles. The number of rotatable bonds is 5. The normalized spacial score (nSPS) is 10.4. The molecule has 16 heavy (non-hydrogen) atoms. The molecular formula is C9H14N4O3. The van der Waals surface area contributed by atoms with Gasteiger partial charge in [-0.1, -0.05) is 5.21 Å². The van der Waals surface area contributed by atoms with Crippen molar-refractivity contribution in [2.45, 2.75) is 32.9 Å². The Kier molecular flexibility index (Phi) is 3.98. The molecule has 7 nitrogen and oxygen atoms in total. The van der Waals surface area contributed by atoms with Gasteiger partial charge in [0.15, 0.2) is 5.69 Å². The van der Waals surface area contributed by atoms with Crippen LogP contribution in [-0.2, 0) is 11.3 Å². The average molecular weight is 226 g/mol. The van der Waals surface area contributed by atoms with Gasteiger partial charge in [-0.2, -0.15) is 0 Å². The van der Waals surface area contributed by atoms with Gasteiger partial charge in [0.05, 0.1) is 12.7 Å². The maximum atomic E-state index is 11.3. The summed E-state index contributed by atoms with van der Waals surface area (Å²) in [6.07, 6.45) is 1.55.